The van der Waals surface area contributed by atoms with Crippen LogP contribution in [0, 0.1) is 6.92 Å². The molecule has 0 radical (unpaired) electrons. The molecular weight excluding hydrogens is 258 g/mol. The lowest BCUT2D eigenvalue weighted by Gasteiger charge is -2.06. The van der Waals surface area contributed by atoms with E-state index in [0.717, 1.165) is 23.4 Å². The van der Waals surface area contributed by atoms with Crippen LogP contribution in [-0.2, 0) is 20.6 Å². The molecule has 0 saturated heterocycles. The maximum absolute atomic E-state index is 12.1. The molecule has 0 aliphatic rings. The third-order valence-corrected chi connectivity index (χ3v) is 2.99. The van der Waals surface area contributed by atoms with Crippen molar-refractivity contribution in [2.24, 2.45) is 14.1 Å². The van der Waals surface area contributed by atoms with Gasteiger partial charge in [0.1, 0.15) is 5.82 Å². The molecule has 20 heavy (non-hydrogen) atoms. The molecule has 112 valence electrons. The normalized spacial score (nSPS) is 10.5. The second-order valence-electron chi connectivity index (χ2n) is 4.69. The number of aromatic nitrogens is 4. The van der Waals surface area contributed by atoms with Crippen LogP contribution in [0.2, 0.25) is 0 Å². The molecular formula is C13H23N5O2. The van der Waals surface area contributed by atoms with Gasteiger partial charge in [-0.25, -0.2) is 9.78 Å². The van der Waals surface area contributed by atoms with Gasteiger partial charge >= 0.3 is 5.69 Å². The molecule has 2 rings (SSSR count). The van der Waals surface area contributed by atoms with Gasteiger partial charge in [0.15, 0.2) is 11.2 Å². The summed E-state index contributed by atoms with van der Waals surface area (Å²) >= 11 is 0. The van der Waals surface area contributed by atoms with Crippen LogP contribution in [0.4, 0.5) is 0 Å². The predicted molar refractivity (Wildman–Crippen MR) is 80.2 cm³/mol. The standard InChI is InChI=1S/C11H16N4O2.C2H7N/c1-5-6-15-7(2)12-9-8(15)10(16)14(4)11(17)13(9)3;1-3-2/h5-6H2,1-4H3;3H,1-2H3. The SMILES string of the molecule is CCCn1c(C)nc2c1c(=O)n(C)c(=O)n2C.CNC. The zero-order chi connectivity index (χ0) is 15.4. The Morgan fingerprint density at radius 2 is 1.70 bits per heavy atom. The fourth-order valence-electron chi connectivity index (χ4n) is 2.05. The van der Waals surface area contributed by atoms with Gasteiger partial charge < -0.3 is 9.88 Å². The van der Waals surface area contributed by atoms with Crippen LogP contribution in [0.1, 0.15) is 19.2 Å². The minimum atomic E-state index is -0.344. The average Bonchev–Trinajstić information content (AvgIpc) is 2.73. The number of aryl methyl sites for hydroxylation is 3. The van der Waals surface area contributed by atoms with E-state index in [9.17, 15) is 9.59 Å². The number of fused-ring (bicyclic) bond motifs is 1. The molecule has 1 N–H and O–H groups in total. The van der Waals surface area contributed by atoms with E-state index in [1.165, 1.54) is 11.6 Å². The Morgan fingerprint density at radius 3 is 2.20 bits per heavy atom. The van der Waals surface area contributed by atoms with E-state index in [0.29, 0.717) is 11.2 Å². The van der Waals surface area contributed by atoms with Crippen molar-refractivity contribution in [1.29, 1.82) is 0 Å². The highest BCUT2D eigenvalue weighted by atomic mass is 16.2. The predicted octanol–water partition coefficient (Wildman–Crippen LogP) is -0.0123. The van der Waals surface area contributed by atoms with E-state index in [-0.39, 0.29) is 11.2 Å². The van der Waals surface area contributed by atoms with Gasteiger partial charge in [0.2, 0.25) is 0 Å². The fraction of sp³-hybridized carbons (Fsp3) is 0.615. The van der Waals surface area contributed by atoms with Crippen LogP contribution in [-0.4, -0.2) is 32.8 Å². The van der Waals surface area contributed by atoms with E-state index in [4.69, 9.17) is 0 Å². The Labute approximate surface area is 117 Å². The van der Waals surface area contributed by atoms with Crippen LogP contribution in [0.5, 0.6) is 0 Å². The van der Waals surface area contributed by atoms with E-state index in [1.807, 2.05) is 32.5 Å². The van der Waals surface area contributed by atoms with Gasteiger partial charge in [-0.2, -0.15) is 0 Å². The first-order chi connectivity index (χ1) is 9.40. The van der Waals surface area contributed by atoms with Crippen molar-refractivity contribution in [1.82, 2.24) is 24.0 Å². The van der Waals surface area contributed by atoms with E-state index >= 15 is 0 Å². The van der Waals surface area contributed by atoms with E-state index in [1.54, 1.807) is 7.05 Å². The summed E-state index contributed by atoms with van der Waals surface area (Å²) in [7, 11) is 6.87. The zero-order valence-electron chi connectivity index (χ0n) is 13.0. The van der Waals surface area contributed by atoms with Crippen molar-refractivity contribution in [2.45, 2.75) is 26.8 Å². The van der Waals surface area contributed by atoms with Gasteiger partial charge in [-0.1, -0.05) is 6.92 Å². The average molecular weight is 281 g/mol. The van der Waals surface area contributed by atoms with Crippen LogP contribution < -0.4 is 16.6 Å². The summed E-state index contributed by atoms with van der Waals surface area (Å²) in [6.45, 7) is 4.62. The van der Waals surface area contributed by atoms with Crippen molar-refractivity contribution < 1.29 is 0 Å². The van der Waals surface area contributed by atoms with Gasteiger partial charge in [0.05, 0.1) is 0 Å². The van der Waals surface area contributed by atoms with Gasteiger partial charge in [-0.3, -0.25) is 13.9 Å². The van der Waals surface area contributed by atoms with E-state index in [2.05, 4.69) is 10.3 Å². The molecule has 0 saturated carbocycles. The number of nitrogens with one attached hydrogen (secondary N) is 1. The number of imidazole rings is 1. The third-order valence-electron chi connectivity index (χ3n) is 2.99. The molecule has 0 aliphatic carbocycles. The first kappa shape index (κ1) is 16.2. The van der Waals surface area contributed by atoms with Crippen LogP contribution >= 0.6 is 0 Å². The smallest absolute Gasteiger partial charge is 0.323 e. The second-order valence-corrected chi connectivity index (χ2v) is 4.69. The lowest BCUT2D eigenvalue weighted by Crippen LogP contribution is -2.37. The zero-order valence-corrected chi connectivity index (χ0v) is 13.0. The van der Waals surface area contributed by atoms with Crippen LogP contribution in [0.3, 0.4) is 0 Å². The summed E-state index contributed by atoms with van der Waals surface area (Å²) in [6, 6.07) is 0. The van der Waals surface area contributed by atoms with Crippen molar-refractivity contribution in [3.63, 3.8) is 0 Å². The third kappa shape index (κ3) is 2.67. The lowest BCUT2D eigenvalue weighted by atomic mass is 10.4. The number of hydrogen-bond donors (Lipinski definition) is 1. The molecule has 7 nitrogen and oxygen atoms in total. The Balaban J connectivity index is 0.000000612. The molecule has 0 atom stereocenters. The minimum Gasteiger partial charge on any atom is -0.323 e. The number of hydrogen-bond acceptors (Lipinski definition) is 4. The molecule has 0 spiro atoms. The maximum Gasteiger partial charge on any atom is 0.332 e. The number of nitrogens with zero attached hydrogens (tertiary/aromatic N) is 4. The molecule has 0 aliphatic heterocycles. The summed E-state index contributed by atoms with van der Waals surface area (Å²) in [5.41, 5.74) is 0.346. The largest absolute Gasteiger partial charge is 0.332 e. The van der Waals surface area contributed by atoms with Crippen molar-refractivity contribution in [3.05, 3.63) is 26.7 Å². The van der Waals surface area contributed by atoms with Crippen LogP contribution in [0.15, 0.2) is 9.59 Å². The first-order valence-corrected chi connectivity index (χ1v) is 6.61. The molecule has 0 unspecified atom stereocenters. The molecule has 0 fully saturated rings. The molecule has 2 aromatic heterocycles. The van der Waals surface area contributed by atoms with Crippen molar-refractivity contribution in [3.8, 4) is 0 Å². The highest BCUT2D eigenvalue weighted by Crippen LogP contribution is 2.10. The molecule has 0 bridgehead atoms. The Bertz CT molecular complexity index is 708. The van der Waals surface area contributed by atoms with Gasteiger partial charge in [-0.15, -0.1) is 0 Å². The molecule has 0 amide bonds. The second kappa shape index (κ2) is 6.51. The Hall–Kier alpha value is -1.89. The highest BCUT2D eigenvalue weighted by Gasteiger charge is 2.16. The summed E-state index contributed by atoms with van der Waals surface area (Å²) in [5.74, 6) is 0.764. The summed E-state index contributed by atoms with van der Waals surface area (Å²) < 4.78 is 4.41. The molecule has 7 heteroatoms. The Kier molecular flexibility index (Phi) is 5.26. The molecule has 2 aromatic rings. The monoisotopic (exact) mass is 281 g/mol. The first-order valence-electron chi connectivity index (χ1n) is 6.61. The summed E-state index contributed by atoms with van der Waals surface area (Å²) in [6.07, 6.45) is 0.915. The highest BCUT2D eigenvalue weighted by molar-refractivity contribution is 5.70. The van der Waals surface area contributed by atoms with Crippen molar-refractivity contribution >= 4 is 11.2 Å². The van der Waals surface area contributed by atoms with Gasteiger partial charge in [0.25, 0.3) is 5.56 Å². The Morgan fingerprint density at radius 1 is 1.15 bits per heavy atom. The number of rotatable bonds is 2. The summed E-state index contributed by atoms with van der Waals surface area (Å²) in [4.78, 5) is 28.2. The van der Waals surface area contributed by atoms with Crippen LogP contribution in [0.25, 0.3) is 11.2 Å². The van der Waals surface area contributed by atoms with Crippen molar-refractivity contribution in [2.75, 3.05) is 14.1 Å². The molecule has 0 aromatic carbocycles. The van der Waals surface area contributed by atoms with Gasteiger partial charge in [-0.05, 0) is 27.4 Å². The van der Waals surface area contributed by atoms with E-state index < -0.39 is 0 Å². The van der Waals surface area contributed by atoms with Gasteiger partial charge in [0, 0.05) is 20.6 Å². The quantitative estimate of drug-likeness (QED) is 0.840. The summed E-state index contributed by atoms with van der Waals surface area (Å²) in [5, 5.41) is 2.75. The molecule has 2 heterocycles. The fourth-order valence-corrected chi connectivity index (χ4v) is 2.05. The topological polar surface area (TPSA) is 73.8 Å². The lowest BCUT2D eigenvalue weighted by molar-refractivity contribution is 0.663. The maximum atomic E-state index is 12.1. The minimum absolute atomic E-state index is 0.280.